The molecule has 0 atom stereocenters. The van der Waals surface area contributed by atoms with Crippen molar-refractivity contribution >= 4 is 35.1 Å². The average molecular weight is 337 g/mol. The third-order valence-electron chi connectivity index (χ3n) is 4.45. The topological polar surface area (TPSA) is 41.6 Å². The fraction of sp³-hybridized carbons (Fsp3) is 0.500. The van der Waals surface area contributed by atoms with Crippen LogP contribution in [0.5, 0.6) is 0 Å². The number of nitrogens with zero attached hydrogens (tertiary/aromatic N) is 1. The first-order valence-electron chi connectivity index (χ1n) is 6.94. The van der Waals surface area contributed by atoms with Crippen LogP contribution in [0.3, 0.4) is 0 Å². The number of halogens is 1. The molecule has 0 aromatic heterocycles. The van der Waals surface area contributed by atoms with E-state index in [-0.39, 0.29) is 11.3 Å². The molecular formula is C14H18BBrN2O2. The monoisotopic (exact) mass is 336 g/mol. The second-order valence-corrected chi connectivity index (χ2v) is 6.65. The Kier molecular flexibility index (Phi) is 3.88. The van der Waals surface area contributed by atoms with Crippen molar-refractivity contribution < 1.29 is 9.45 Å². The van der Waals surface area contributed by atoms with Crippen molar-refractivity contribution in [2.24, 2.45) is 0 Å². The summed E-state index contributed by atoms with van der Waals surface area (Å²) in [5.41, 5.74) is 2.25. The van der Waals surface area contributed by atoms with Gasteiger partial charge in [-0.25, -0.2) is 0 Å². The molecule has 2 heterocycles. The maximum atomic E-state index is 12.0. The van der Waals surface area contributed by atoms with Gasteiger partial charge in [0, 0.05) is 29.1 Å². The molecule has 106 valence electrons. The quantitative estimate of drug-likeness (QED) is 0.840. The minimum absolute atomic E-state index is 0.00825. The summed E-state index contributed by atoms with van der Waals surface area (Å²) in [5.74, 6) is 0.139. The van der Waals surface area contributed by atoms with E-state index in [1.807, 2.05) is 12.1 Å². The zero-order valence-electron chi connectivity index (χ0n) is 11.6. The van der Waals surface area contributed by atoms with Crippen LogP contribution in [0.2, 0.25) is 0 Å². The molecule has 0 saturated carbocycles. The Labute approximate surface area is 128 Å². The summed E-state index contributed by atoms with van der Waals surface area (Å²) in [6.45, 7) is 1.96. The molecule has 1 fully saturated rings. The normalized spacial score (nSPS) is 21.4. The smallest absolute Gasteiger partial charge is 0.363 e. The molecule has 1 aromatic rings. The minimum Gasteiger partial charge on any atom is -0.427 e. The number of amides is 1. The molecule has 1 spiro atoms. The molecule has 3 rings (SSSR count). The molecule has 4 nitrogen and oxygen atoms in total. The fourth-order valence-electron chi connectivity index (χ4n) is 3.40. The zero-order chi connectivity index (χ0) is 14.2. The van der Waals surface area contributed by atoms with Gasteiger partial charge in [0.15, 0.2) is 0 Å². The first-order valence-corrected chi connectivity index (χ1v) is 7.73. The molecule has 0 unspecified atom stereocenters. The Hall–Kier alpha value is -0.845. The van der Waals surface area contributed by atoms with Crippen LogP contribution in [0, 0.1) is 0 Å². The van der Waals surface area contributed by atoms with Gasteiger partial charge in [-0.15, -0.1) is 0 Å². The first-order chi connectivity index (χ1) is 9.63. The van der Waals surface area contributed by atoms with Crippen molar-refractivity contribution in [2.75, 3.05) is 25.5 Å². The maximum Gasteiger partial charge on any atom is 0.363 e. The summed E-state index contributed by atoms with van der Waals surface area (Å²) in [4.78, 5) is 14.3. The van der Waals surface area contributed by atoms with E-state index in [2.05, 4.69) is 32.1 Å². The van der Waals surface area contributed by atoms with Gasteiger partial charge in [-0.2, -0.15) is 0 Å². The number of anilines is 1. The molecule has 0 radical (unpaired) electrons. The Morgan fingerprint density at radius 1 is 1.40 bits per heavy atom. The maximum absolute atomic E-state index is 12.0. The molecule has 2 aliphatic heterocycles. The van der Waals surface area contributed by atoms with Crippen LogP contribution in [0.25, 0.3) is 0 Å². The molecule has 0 bridgehead atoms. The molecule has 1 aromatic carbocycles. The summed E-state index contributed by atoms with van der Waals surface area (Å²) in [5, 5.41) is 3.00. The van der Waals surface area contributed by atoms with Crippen molar-refractivity contribution in [3.05, 3.63) is 28.2 Å². The first kappa shape index (κ1) is 14.1. The highest BCUT2D eigenvalue weighted by atomic mass is 79.9. The molecule has 1 N–H and O–H groups in total. The van der Waals surface area contributed by atoms with Gasteiger partial charge in [0.25, 0.3) is 0 Å². The van der Waals surface area contributed by atoms with E-state index in [0.717, 1.165) is 36.1 Å². The van der Waals surface area contributed by atoms with Crippen LogP contribution in [0.4, 0.5) is 5.69 Å². The molecule has 1 saturated heterocycles. The van der Waals surface area contributed by atoms with Crippen LogP contribution in [-0.2, 0) is 14.9 Å². The third-order valence-corrected chi connectivity index (χ3v) is 4.94. The summed E-state index contributed by atoms with van der Waals surface area (Å²) in [6.07, 6.45) is 2.61. The number of carbonyl (C=O) groups excluding carboxylic acids is 1. The fourth-order valence-corrected chi connectivity index (χ4v) is 3.76. The summed E-state index contributed by atoms with van der Waals surface area (Å²) in [6, 6.07) is 6.15. The lowest BCUT2D eigenvalue weighted by atomic mass is 9.67. The van der Waals surface area contributed by atoms with Gasteiger partial charge >= 0.3 is 7.62 Å². The highest BCUT2D eigenvalue weighted by molar-refractivity contribution is 9.10. The lowest BCUT2D eigenvalue weighted by Crippen LogP contribution is -2.48. The molecule has 2 aliphatic rings. The predicted octanol–water partition coefficient (Wildman–Crippen LogP) is 2.04. The number of benzene rings is 1. The van der Waals surface area contributed by atoms with Crippen molar-refractivity contribution in [1.29, 1.82) is 0 Å². The lowest BCUT2D eigenvalue weighted by Gasteiger charge is -2.44. The van der Waals surface area contributed by atoms with Gasteiger partial charge in [-0.3, -0.25) is 4.79 Å². The Morgan fingerprint density at radius 2 is 2.15 bits per heavy atom. The van der Waals surface area contributed by atoms with Crippen LogP contribution in [0.15, 0.2) is 22.7 Å². The molecule has 0 aliphatic carbocycles. The van der Waals surface area contributed by atoms with E-state index in [0.29, 0.717) is 14.0 Å². The zero-order valence-corrected chi connectivity index (χ0v) is 13.2. The van der Waals surface area contributed by atoms with Crippen LogP contribution in [-0.4, -0.2) is 38.5 Å². The van der Waals surface area contributed by atoms with Gasteiger partial charge in [0.1, 0.15) is 0 Å². The predicted molar refractivity (Wildman–Crippen MR) is 84.0 cm³/mol. The highest BCUT2D eigenvalue weighted by Gasteiger charge is 2.42. The summed E-state index contributed by atoms with van der Waals surface area (Å²) in [7, 11) is 2.40. The second kappa shape index (κ2) is 5.50. The third kappa shape index (κ3) is 2.52. The van der Waals surface area contributed by atoms with Crippen LogP contribution < -0.4 is 5.32 Å². The number of carbonyl (C=O) groups is 1. The van der Waals surface area contributed by atoms with Gasteiger partial charge in [0.05, 0.1) is 0 Å². The van der Waals surface area contributed by atoms with Crippen molar-refractivity contribution in [3.8, 4) is 0 Å². The van der Waals surface area contributed by atoms with Gasteiger partial charge in [0.2, 0.25) is 5.91 Å². The van der Waals surface area contributed by atoms with Crippen molar-refractivity contribution in [2.45, 2.75) is 24.7 Å². The number of piperidine rings is 1. The average Bonchev–Trinajstić information content (AvgIpc) is 2.43. The Bertz CT molecular complexity index is 530. The minimum atomic E-state index is -0.00825. The van der Waals surface area contributed by atoms with E-state index in [4.69, 9.17) is 4.65 Å². The second-order valence-electron chi connectivity index (χ2n) is 5.73. The number of rotatable bonds is 2. The van der Waals surface area contributed by atoms with E-state index >= 15 is 0 Å². The van der Waals surface area contributed by atoms with E-state index in [9.17, 15) is 4.79 Å². The lowest BCUT2D eigenvalue weighted by molar-refractivity contribution is -0.118. The molecule has 20 heavy (non-hydrogen) atoms. The summed E-state index contributed by atoms with van der Waals surface area (Å²) < 4.78 is 6.28. The standard InChI is InChI=1S/C14H18BBrN2O2/c1-20-15-18-6-4-14(5-7-18)9-13(19)17-12-3-2-10(16)8-11(12)14/h2-3,8,15H,4-7,9H2,1H3,(H,17,19). The van der Waals surface area contributed by atoms with Gasteiger partial charge in [-0.05, 0) is 49.7 Å². The van der Waals surface area contributed by atoms with E-state index in [1.165, 1.54) is 5.56 Å². The van der Waals surface area contributed by atoms with Crippen LogP contribution >= 0.6 is 15.9 Å². The molecular weight excluding hydrogens is 319 g/mol. The van der Waals surface area contributed by atoms with E-state index < -0.39 is 0 Å². The summed E-state index contributed by atoms with van der Waals surface area (Å²) >= 11 is 3.55. The molecule has 1 amide bonds. The number of hydrogen-bond donors (Lipinski definition) is 1. The SMILES string of the molecule is COBN1CCC2(CC1)CC(=O)Nc1ccc(Br)cc12. The van der Waals surface area contributed by atoms with Gasteiger partial charge < -0.3 is 14.8 Å². The van der Waals surface area contributed by atoms with E-state index in [1.54, 1.807) is 7.11 Å². The van der Waals surface area contributed by atoms with Gasteiger partial charge in [-0.1, -0.05) is 15.9 Å². The number of fused-ring (bicyclic) bond motifs is 2. The Morgan fingerprint density at radius 3 is 2.85 bits per heavy atom. The van der Waals surface area contributed by atoms with Crippen LogP contribution in [0.1, 0.15) is 24.8 Å². The number of nitrogens with one attached hydrogen (secondary N) is 1. The Balaban J connectivity index is 1.91. The van der Waals surface area contributed by atoms with Crippen molar-refractivity contribution in [1.82, 2.24) is 4.81 Å². The highest BCUT2D eigenvalue weighted by Crippen LogP contribution is 2.45. The number of hydrogen-bond acceptors (Lipinski definition) is 3. The molecule has 6 heteroatoms. The largest absolute Gasteiger partial charge is 0.427 e. The van der Waals surface area contributed by atoms with Crippen molar-refractivity contribution in [3.63, 3.8) is 0 Å².